The minimum atomic E-state index is -2.97. The van der Waals surface area contributed by atoms with Crippen molar-refractivity contribution >= 4 is 23.3 Å². The summed E-state index contributed by atoms with van der Waals surface area (Å²) in [5.74, 6) is -0.698. The number of carbonyl (C=O) groups is 1. The molecular weight excluding hydrogens is 415 g/mol. The van der Waals surface area contributed by atoms with Crippen LogP contribution in [0.1, 0.15) is 22.0 Å². The van der Waals surface area contributed by atoms with Crippen LogP contribution in [0.25, 0.3) is 6.08 Å². The van der Waals surface area contributed by atoms with E-state index in [4.69, 9.17) is 4.74 Å². The van der Waals surface area contributed by atoms with Gasteiger partial charge in [-0.2, -0.15) is 8.78 Å². The fraction of sp³-hybridized carbons (Fsp3) is 0.136. The molecule has 1 atom stereocenters. The maximum Gasteiger partial charge on any atom is 0.387 e. The van der Waals surface area contributed by atoms with E-state index >= 15 is 0 Å². The Kier molecular flexibility index (Phi) is 7.13. The maximum atomic E-state index is 13.3. The Labute approximate surface area is 175 Å². The summed E-state index contributed by atoms with van der Waals surface area (Å²) in [6, 6.07) is 13.6. The van der Waals surface area contributed by atoms with Crippen molar-refractivity contribution in [3.63, 3.8) is 0 Å². The average molecular weight is 433 g/mol. The average Bonchev–Trinajstić information content (AvgIpc) is 3.26. The molecule has 8 heteroatoms. The predicted octanol–water partition coefficient (Wildman–Crippen LogP) is 5.42. The molecule has 2 aromatic carbocycles. The van der Waals surface area contributed by atoms with Crippen LogP contribution in [0.5, 0.6) is 11.5 Å². The van der Waals surface area contributed by atoms with E-state index in [1.54, 1.807) is 12.1 Å². The zero-order chi connectivity index (χ0) is 21.5. The van der Waals surface area contributed by atoms with Crippen molar-refractivity contribution in [3.8, 4) is 11.5 Å². The number of ether oxygens (including phenoxy) is 2. The van der Waals surface area contributed by atoms with Gasteiger partial charge in [-0.15, -0.1) is 11.3 Å². The van der Waals surface area contributed by atoms with Gasteiger partial charge in [0.25, 0.3) is 0 Å². The van der Waals surface area contributed by atoms with Crippen LogP contribution in [0.2, 0.25) is 0 Å². The van der Waals surface area contributed by atoms with Crippen molar-refractivity contribution in [2.75, 3.05) is 7.11 Å². The zero-order valence-electron chi connectivity index (χ0n) is 15.8. The molecule has 3 aromatic rings. The van der Waals surface area contributed by atoms with E-state index < -0.39 is 12.7 Å². The fourth-order valence-electron chi connectivity index (χ4n) is 2.77. The van der Waals surface area contributed by atoms with Crippen LogP contribution < -0.4 is 14.8 Å². The summed E-state index contributed by atoms with van der Waals surface area (Å²) in [6.07, 6.45) is 2.85. The highest BCUT2D eigenvalue weighted by Gasteiger charge is 2.17. The van der Waals surface area contributed by atoms with Crippen molar-refractivity contribution in [2.24, 2.45) is 0 Å². The van der Waals surface area contributed by atoms with Crippen LogP contribution in [0, 0.1) is 5.82 Å². The van der Waals surface area contributed by atoms with E-state index in [0.717, 1.165) is 10.4 Å². The van der Waals surface area contributed by atoms with Crippen molar-refractivity contribution in [1.82, 2.24) is 5.32 Å². The first-order valence-corrected chi connectivity index (χ1v) is 9.74. The second kappa shape index (κ2) is 9.98. The van der Waals surface area contributed by atoms with E-state index in [-0.39, 0.29) is 23.2 Å². The van der Waals surface area contributed by atoms with Crippen LogP contribution in [0.15, 0.2) is 66.1 Å². The third kappa shape index (κ3) is 5.64. The van der Waals surface area contributed by atoms with Crippen LogP contribution >= 0.6 is 11.3 Å². The van der Waals surface area contributed by atoms with Crippen molar-refractivity contribution in [1.29, 1.82) is 0 Å². The van der Waals surface area contributed by atoms with Crippen LogP contribution in [-0.4, -0.2) is 19.6 Å². The molecule has 30 heavy (non-hydrogen) atoms. The Bertz CT molecular complexity index is 1000. The fourth-order valence-corrected chi connectivity index (χ4v) is 3.58. The number of nitrogens with one attached hydrogen (secondary N) is 1. The molecule has 1 heterocycles. The van der Waals surface area contributed by atoms with Gasteiger partial charge >= 0.3 is 6.61 Å². The summed E-state index contributed by atoms with van der Waals surface area (Å²) in [4.78, 5) is 13.4. The highest BCUT2D eigenvalue weighted by Crippen LogP contribution is 2.30. The van der Waals surface area contributed by atoms with Crippen LogP contribution in [0.4, 0.5) is 13.2 Å². The number of hydrogen-bond donors (Lipinski definition) is 1. The Balaban J connectivity index is 1.75. The number of thiophene rings is 1. The maximum absolute atomic E-state index is 13.3. The molecule has 0 unspecified atom stereocenters. The number of alkyl halides is 2. The Hall–Kier alpha value is -3.26. The zero-order valence-corrected chi connectivity index (χ0v) is 16.7. The lowest BCUT2D eigenvalue weighted by Gasteiger charge is -2.17. The standard InChI is InChI=1S/C22H18F3NO3S/c1-28-18-13-14(4-10-17(18)29-22(24)25)5-11-20(27)26-21(19-3-2-12-30-19)15-6-8-16(23)9-7-15/h2-13,21-22H,1H3,(H,26,27)/b11-5+/t21-/m1/s1. The molecular formula is C22H18F3NO3S. The van der Waals surface area contributed by atoms with E-state index in [2.05, 4.69) is 10.1 Å². The second-order valence-corrected chi connectivity index (χ2v) is 7.11. The van der Waals surface area contributed by atoms with Gasteiger partial charge in [-0.25, -0.2) is 4.39 Å². The summed E-state index contributed by atoms with van der Waals surface area (Å²) < 4.78 is 47.6. The van der Waals surface area contributed by atoms with Crippen molar-refractivity contribution < 1.29 is 27.4 Å². The molecule has 0 aliphatic heterocycles. The number of halogens is 3. The first-order chi connectivity index (χ1) is 14.5. The number of rotatable bonds is 8. The number of amides is 1. The first kappa shape index (κ1) is 21.4. The Morgan fingerprint density at radius 2 is 1.87 bits per heavy atom. The van der Waals surface area contributed by atoms with Gasteiger partial charge in [0.2, 0.25) is 5.91 Å². The SMILES string of the molecule is COc1cc(/C=C/C(=O)N[C@H](c2ccc(F)cc2)c2cccs2)ccc1OC(F)F. The lowest BCUT2D eigenvalue weighted by Crippen LogP contribution is -2.27. The normalized spacial score (nSPS) is 12.2. The third-order valence-corrected chi connectivity index (χ3v) is 5.09. The molecule has 1 N–H and O–H groups in total. The molecule has 3 rings (SSSR count). The summed E-state index contributed by atoms with van der Waals surface area (Å²) >= 11 is 1.47. The van der Waals surface area contributed by atoms with Gasteiger partial charge in [-0.3, -0.25) is 4.79 Å². The van der Waals surface area contributed by atoms with Gasteiger partial charge < -0.3 is 14.8 Å². The third-order valence-electron chi connectivity index (χ3n) is 4.15. The molecule has 0 spiro atoms. The minimum Gasteiger partial charge on any atom is -0.493 e. The van der Waals surface area contributed by atoms with Gasteiger partial charge in [-0.1, -0.05) is 24.3 Å². The van der Waals surface area contributed by atoms with E-state index in [1.165, 1.54) is 60.9 Å². The Morgan fingerprint density at radius 1 is 1.10 bits per heavy atom. The van der Waals surface area contributed by atoms with Gasteiger partial charge in [-0.05, 0) is 52.9 Å². The largest absolute Gasteiger partial charge is 0.493 e. The topological polar surface area (TPSA) is 47.6 Å². The van der Waals surface area contributed by atoms with E-state index in [9.17, 15) is 18.0 Å². The molecule has 156 valence electrons. The van der Waals surface area contributed by atoms with E-state index in [1.807, 2.05) is 17.5 Å². The molecule has 0 aliphatic rings. The highest BCUT2D eigenvalue weighted by molar-refractivity contribution is 7.10. The summed E-state index contributed by atoms with van der Waals surface area (Å²) in [6.45, 7) is -2.97. The molecule has 1 amide bonds. The van der Waals surface area contributed by atoms with Crippen LogP contribution in [-0.2, 0) is 4.79 Å². The number of hydrogen-bond acceptors (Lipinski definition) is 4. The van der Waals surface area contributed by atoms with Crippen molar-refractivity contribution in [3.05, 3.63) is 87.9 Å². The second-order valence-electron chi connectivity index (χ2n) is 6.13. The minimum absolute atomic E-state index is 0.0943. The molecule has 0 fully saturated rings. The summed E-state index contributed by atoms with van der Waals surface area (Å²) in [7, 11) is 1.34. The molecule has 0 saturated heterocycles. The van der Waals surface area contributed by atoms with Gasteiger partial charge in [0.05, 0.1) is 13.2 Å². The quantitative estimate of drug-likeness (QED) is 0.483. The first-order valence-electron chi connectivity index (χ1n) is 8.86. The molecule has 0 aliphatic carbocycles. The lowest BCUT2D eigenvalue weighted by molar-refractivity contribution is -0.116. The van der Waals surface area contributed by atoms with Gasteiger partial charge in [0, 0.05) is 11.0 Å². The van der Waals surface area contributed by atoms with Crippen LogP contribution in [0.3, 0.4) is 0 Å². The van der Waals surface area contributed by atoms with Gasteiger partial charge in [0.15, 0.2) is 11.5 Å². The lowest BCUT2D eigenvalue weighted by atomic mass is 10.1. The summed E-state index contributed by atoms with van der Waals surface area (Å²) in [5.41, 5.74) is 1.31. The molecule has 0 radical (unpaired) electrons. The molecule has 1 aromatic heterocycles. The molecule has 0 bridgehead atoms. The number of methoxy groups -OCH3 is 1. The predicted molar refractivity (Wildman–Crippen MR) is 109 cm³/mol. The number of benzene rings is 2. The highest BCUT2D eigenvalue weighted by atomic mass is 32.1. The molecule has 4 nitrogen and oxygen atoms in total. The smallest absolute Gasteiger partial charge is 0.387 e. The summed E-state index contributed by atoms with van der Waals surface area (Å²) in [5, 5.41) is 4.79. The molecule has 0 saturated carbocycles. The number of carbonyl (C=O) groups excluding carboxylic acids is 1. The van der Waals surface area contributed by atoms with E-state index in [0.29, 0.717) is 5.56 Å². The van der Waals surface area contributed by atoms with Crippen molar-refractivity contribution in [2.45, 2.75) is 12.7 Å². The monoisotopic (exact) mass is 433 g/mol. The Morgan fingerprint density at radius 3 is 2.50 bits per heavy atom. The van der Waals surface area contributed by atoms with Gasteiger partial charge in [0.1, 0.15) is 5.82 Å².